The first-order valence-corrected chi connectivity index (χ1v) is 4.98. The van der Waals surface area contributed by atoms with E-state index in [1.807, 2.05) is 13.0 Å². The van der Waals surface area contributed by atoms with Crippen LogP contribution in [0.25, 0.3) is 0 Å². The van der Waals surface area contributed by atoms with Crippen molar-refractivity contribution < 1.29 is 0 Å². The van der Waals surface area contributed by atoms with Gasteiger partial charge in [-0.2, -0.15) is 10.1 Å². The Balaban J connectivity index is 2.33. The number of aromatic nitrogens is 3. The number of aryl methyl sites for hydroxylation is 1. The number of H-pyrrole nitrogens is 1. The zero-order valence-corrected chi connectivity index (χ0v) is 9.25. The van der Waals surface area contributed by atoms with E-state index in [2.05, 4.69) is 20.5 Å². The van der Waals surface area contributed by atoms with E-state index in [0.717, 1.165) is 11.3 Å². The number of nitrogens with one attached hydrogen (secondary N) is 2. The van der Waals surface area contributed by atoms with Crippen molar-refractivity contribution in [2.24, 2.45) is 0 Å². The van der Waals surface area contributed by atoms with Crippen LogP contribution in [0, 0.1) is 6.92 Å². The summed E-state index contributed by atoms with van der Waals surface area (Å²) < 4.78 is 0. The van der Waals surface area contributed by atoms with Gasteiger partial charge in [0.2, 0.25) is 0 Å². The average Bonchev–Trinajstić information content (AvgIpc) is 2.24. The molecule has 2 rings (SSSR count). The van der Waals surface area contributed by atoms with Crippen molar-refractivity contribution in [2.75, 3.05) is 5.32 Å². The number of halogens is 1. The Bertz CT molecular complexity index is 567. The quantitative estimate of drug-likeness (QED) is 0.835. The summed E-state index contributed by atoms with van der Waals surface area (Å²) in [4.78, 5) is 14.6. The number of hydrogen-bond acceptors (Lipinski definition) is 4. The molecule has 0 aliphatic rings. The van der Waals surface area contributed by atoms with Gasteiger partial charge >= 0.3 is 5.69 Å². The highest BCUT2D eigenvalue weighted by Gasteiger charge is 2.01. The standard InChI is InChI=1S/C10H9ClN4O/c1-6-2-3-7(11)4-8(6)13-9-5-12-15-10(16)14-9/h2-5H,1H3,(H2,13,14,15,16). The fourth-order valence-corrected chi connectivity index (χ4v) is 1.41. The molecule has 82 valence electrons. The average molecular weight is 237 g/mol. The Kier molecular flexibility index (Phi) is 2.87. The second kappa shape index (κ2) is 4.32. The largest absolute Gasteiger partial charge is 0.363 e. The summed E-state index contributed by atoms with van der Waals surface area (Å²) >= 11 is 5.87. The topological polar surface area (TPSA) is 70.7 Å². The predicted molar refractivity (Wildman–Crippen MR) is 62.1 cm³/mol. The van der Waals surface area contributed by atoms with Gasteiger partial charge in [-0.05, 0) is 24.6 Å². The lowest BCUT2D eigenvalue weighted by Crippen LogP contribution is -2.13. The van der Waals surface area contributed by atoms with Gasteiger partial charge in [0.05, 0.1) is 6.20 Å². The molecule has 1 heterocycles. The first-order valence-electron chi connectivity index (χ1n) is 4.60. The lowest BCUT2D eigenvalue weighted by Gasteiger charge is -2.07. The molecule has 0 aliphatic heterocycles. The first-order chi connectivity index (χ1) is 7.65. The van der Waals surface area contributed by atoms with Crippen molar-refractivity contribution >= 4 is 23.1 Å². The first kappa shape index (κ1) is 10.6. The van der Waals surface area contributed by atoms with E-state index in [-0.39, 0.29) is 0 Å². The van der Waals surface area contributed by atoms with E-state index < -0.39 is 5.69 Å². The van der Waals surface area contributed by atoms with Crippen molar-refractivity contribution in [1.82, 2.24) is 15.2 Å². The van der Waals surface area contributed by atoms with Crippen LogP contribution >= 0.6 is 11.6 Å². The van der Waals surface area contributed by atoms with Gasteiger partial charge in [-0.3, -0.25) is 0 Å². The molecule has 2 aromatic rings. The molecule has 16 heavy (non-hydrogen) atoms. The van der Waals surface area contributed by atoms with Crippen LogP contribution in [0.5, 0.6) is 0 Å². The Morgan fingerprint density at radius 2 is 2.25 bits per heavy atom. The second-order valence-electron chi connectivity index (χ2n) is 3.26. The van der Waals surface area contributed by atoms with E-state index in [1.54, 1.807) is 12.1 Å². The van der Waals surface area contributed by atoms with Crippen molar-refractivity contribution in [2.45, 2.75) is 6.92 Å². The molecule has 5 nitrogen and oxygen atoms in total. The SMILES string of the molecule is Cc1ccc(Cl)cc1Nc1cn[nH]c(=O)n1. The Hall–Kier alpha value is -1.88. The van der Waals surface area contributed by atoms with Crippen LogP contribution in [0.2, 0.25) is 5.02 Å². The van der Waals surface area contributed by atoms with Crippen LogP contribution in [0.15, 0.2) is 29.2 Å². The van der Waals surface area contributed by atoms with E-state index in [4.69, 9.17) is 11.6 Å². The van der Waals surface area contributed by atoms with Crippen molar-refractivity contribution in [3.05, 3.63) is 45.5 Å². The van der Waals surface area contributed by atoms with Crippen LogP contribution in [-0.4, -0.2) is 15.2 Å². The van der Waals surface area contributed by atoms with Crippen LogP contribution in [0.1, 0.15) is 5.56 Å². The smallest absolute Gasteiger partial charge is 0.338 e. The zero-order chi connectivity index (χ0) is 11.5. The molecule has 0 fully saturated rings. The summed E-state index contributed by atoms with van der Waals surface area (Å²) in [6.45, 7) is 1.93. The molecular formula is C10H9ClN4O. The molecule has 0 radical (unpaired) electrons. The minimum Gasteiger partial charge on any atom is -0.338 e. The highest BCUT2D eigenvalue weighted by molar-refractivity contribution is 6.30. The Labute approximate surface area is 96.5 Å². The molecule has 0 saturated carbocycles. The predicted octanol–water partition coefficient (Wildman–Crippen LogP) is 1.87. The summed E-state index contributed by atoms with van der Waals surface area (Å²) in [5.74, 6) is 0.383. The van der Waals surface area contributed by atoms with E-state index >= 15 is 0 Å². The number of nitrogens with zero attached hydrogens (tertiary/aromatic N) is 2. The molecule has 0 bridgehead atoms. The highest BCUT2D eigenvalue weighted by atomic mass is 35.5. The zero-order valence-electron chi connectivity index (χ0n) is 8.49. The number of aromatic amines is 1. The maximum absolute atomic E-state index is 10.9. The minimum atomic E-state index is -0.496. The molecule has 0 amide bonds. The molecule has 6 heteroatoms. The summed E-state index contributed by atoms with van der Waals surface area (Å²) in [5.41, 5.74) is 1.31. The molecule has 0 aliphatic carbocycles. The van der Waals surface area contributed by atoms with Gasteiger partial charge in [0.25, 0.3) is 0 Å². The summed E-state index contributed by atoms with van der Waals surface area (Å²) in [6.07, 6.45) is 1.43. The summed E-state index contributed by atoms with van der Waals surface area (Å²) in [6, 6.07) is 5.44. The molecule has 1 aromatic carbocycles. The monoisotopic (exact) mass is 236 g/mol. The van der Waals surface area contributed by atoms with Crippen molar-refractivity contribution in [3.8, 4) is 0 Å². The molecule has 0 saturated heterocycles. The van der Waals surface area contributed by atoms with Crippen LogP contribution in [-0.2, 0) is 0 Å². The maximum atomic E-state index is 10.9. The van der Waals surface area contributed by atoms with E-state index in [1.165, 1.54) is 6.20 Å². The third-order valence-corrected chi connectivity index (χ3v) is 2.27. The maximum Gasteiger partial charge on any atom is 0.363 e. The van der Waals surface area contributed by atoms with Crippen molar-refractivity contribution in [3.63, 3.8) is 0 Å². The summed E-state index contributed by atoms with van der Waals surface area (Å²) in [7, 11) is 0. The fraction of sp³-hybridized carbons (Fsp3) is 0.100. The third-order valence-electron chi connectivity index (χ3n) is 2.03. The third kappa shape index (κ3) is 2.38. The van der Waals surface area contributed by atoms with Gasteiger partial charge in [0, 0.05) is 10.7 Å². The van der Waals surface area contributed by atoms with E-state index in [0.29, 0.717) is 10.8 Å². The fourth-order valence-electron chi connectivity index (χ4n) is 1.24. The number of rotatable bonds is 2. The van der Waals surface area contributed by atoms with Crippen molar-refractivity contribution in [1.29, 1.82) is 0 Å². The lowest BCUT2D eigenvalue weighted by atomic mass is 10.2. The molecule has 0 unspecified atom stereocenters. The molecule has 1 aromatic heterocycles. The second-order valence-corrected chi connectivity index (χ2v) is 3.69. The van der Waals surface area contributed by atoms with E-state index in [9.17, 15) is 4.79 Å². The van der Waals surface area contributed by atoms with Gasteiger partial charge < -0.3 is 5.32 Å². The Morgan fingerprint density at radius 3 is 3.00 bits per heavy atom. The molecule has 0 atom stereocenters. The molecule has 0 spiro atoms. The summed E-state index contributed by atoms with van der Waals surface area (Å²) in [5, 5.41) is 9.43. The van der Waals surface area contributed by atoms with Crippen LogP contribution < -0.4 is 11.0 Å². The minimum absolute atomic E-state index is 0.383. The lowest BCUT2D eigenvalue weighted by molar-refractivity contribution is 0.918. The van der Waals surface area contributed by atoms with Gasteiger partial charge in [0.1, 0.15) is 0 Å². The van der Waals surface area contributed by atoms with Gasteiger partial charge in [-0.1, -0.05) is 17.7 Å². The van der Waals surface area contributed by atoms with Crippen LogP contribution in [0.3, 0.4) is 0 Å². The highest BCUT2D eigenvalue weighted by Crippen LogP contribution is 2.22. The number of benzene rings is 1. The van der Waals surface area contributed by atoms with Crippen LogP contribution in [0.4, 0.5) is 11.5 Å². The molecule has 2 N–H and O–H groups in total. The van der Waals surface area contributed by atoms with Gasteiger partial charge in [-0.25, -0.2) is 9.89 Å². The normalized spacial score (nSPS) is 10.1. The number of hydrogen-bond donors (Lipinski definition) is 2. The van der Waals surface area contributed by atoms with Gasteiger partial charge in [-0.15, -0.1) is 0 Å². The molecular weight excluding hydrogens is 228 g/mol. The van der Waals surface area contributed by atoms with Gasteiger partial charge in [0.15, 0.2) is 5.82 Å². The number of anilines is 2. The Morgan fingerprint density at radius 1 is 1.44 bits per heavy atom.